The molecule has 0 amide bonds. The topological polar surface area (TPSA) is 62.5 Å². The summed E-state index contributed by atoms with van der Waals surface area (Å²) in [6, 6.07) is 9.88. The lowest BCUT2D eigenvalue weighted by Gasteiger charge is -2.12. The Labute approximate surface area is 165 Å². The number of halogens is 1. The van der Waals surface area contributed by atoms with Crippen molar-refractivity contribution in [2.24, 2.45) is 4.99 Å². The minimum atomic E-state index is 0. The van der Waals surface area contributed by atoms with Crippen LogP contribution in [0.3, 0.4) is 0 Å². The largest absolute Gasteiger partial charge is 0.469 e. The van der Waals surface area contributed by atoms with E-state index in [0.717, 1.165) is 55.6 Å². The number of aliphatic imine (C=N–C) groups is 1. The molecule has 0 aromatic carbocycles. The Morgan fingerprint density at radius 3 is 2.67 bits per heavy atom. The minimum absolute atomic E-state index is 0. The molecule has 0 aliphatic heterocycles. The molecule has 5 nitrogen and oxygen atoms in total. The zero-order chi connectivity index (χ0) is 16.2. The summed E-state index contributed by atoms with van der Waals surface area (Å²) in [5.74, 6) is 2.85. The molecule has 0 aliphatic carbocycles. The van der Waals surface area contributed by atoms with Gasteiger partial charge in [-0.2, -0.15) is 11.8 Å². The van der Waals surface area contributed by atoms with E-state index >= 15 is 0 Å². The van der Waals surface area contributed by atoms with Crippen molar-refractivity contribution in [3.8, 4) is 0 Å². The van der Waals surface area contributed by atoms with E-state index in [9.17, 15) is 0 Å². The highest BCUT2D eigenvalue weighted by molar-refractivity contribution is 14.0. The number of guanidine groups is 1. The first-order valence-electron chi connectivity index (χ1n) is 7.82. The number of hydrogen-bond donors (Lipinski definition) is 2. The Morgan fingerprint density at radius 2 is 2.00 bits per heavy atom. The van der Waals surface area contributed by atoms with Gasteiger partial charge in [0.2, 0.25) is 0 Å². The second-order valence-electron chi connectivity index (χ2n) is 4.98. The lowest BCUT2D eigenvalue weighted by molar-refractivity contribution is 0.507. The van der Waals surface area contributed by atoms with E-state index < -0.39 is 0 Å². The number of nitrogens with one attached hydrogen (secondary N) is 2. The highest BCUT2D eigenvalue weighted by Crippen LogP contribution is 1.99. The fraction of sp³-hybridized carbons (Fsp3) is 0.412. The predicted octanol–water partition coefficient (Wildman–Crippen LogP) is 2.98. The molecule has 2 rings (SSSR count). The molecule has 0 saturated carbocycles. The number of thioether (sulfide) groups is 1. The summed E-state index contributed by atoms with van der Waals surface area (Å²) in [6.07, 6.45) is 7.34. The number of aromatic nitrogens is 1. The van der Waals surface area contributed by atoms with E-state index in [1.54, 1.807) is 18.0 Å². The van der Waals surface area contributed by atoms with E-state index in [-0.39, 0.29) is 24.0 Å². The summed E-state index contributed by atoms with van der Waals surface area (Å²) in [5.41, 5.74) is 1.08. The molecule has 2 N–H and O–H groups in total. The Hall–Kier alpha value is -1.22. The molecule has 2 aromatic heterocycles. The van der Waals surface area contributed by atoms with E-state index in [1.165, 1.54) is 0 Å². The molecule has 2 aromatic rings. The minimum Gasteiger partial charge on any atom is -0.469 e. The molecule has 0 spiro atoms. The van der Waals surface area contributed by atoms with Crippen molar-refractivity contribution in [3.63, 3.8) is 0 Å². The second-order valence-corrected chi connectivity index (χ2v) is 5.96. The van der Waals surface area contributed by atoms with Crippen molar-refractivity contribution in [2.75, 3.05) is 31.6 Å². The monoisotopic (exact) mass is 460 g/mol. The second kappa shape index (κ2) is 13.1. The Kier molecular flexibility index (Phi) is 11.4. The zero-order valence-electron chi connectivity index (χ0n) is 13.9. The van der Waals surface area contributed by atoms with Crippen LogP contribution in [0.15, 0.2) is 52.2 Å². The van der Waals surface area contributed by atoms with Gasteiger partial charge in [0, 0.05) is 43.6 Å². The molecule has 0 aliphatic rings. The van der Waals surface area contributed by atoms with Crippen molar-refractivity contribution in [2.45, 2.75) is 12.8 Å². The third-order valence-electron chi connectivity index (χ3n) is 3.21. The average molecular weight is 460 g/mol. The summed E-state index contributed by atoms with van der Waals surface area (Å²) >= 11 is 1.80. The Bertz CT molecular complexity index is 563. The van der Waals surface area contributed by atoms with Crippen LogP contribution in [-0.2, 0) is 12.8 Å². The maximum absolute atomic E-state index is 5.34. The number of hydrogen-bond acceptors (Lipinski definition) is 4. The van der Waals surface area contributed by atoms with Crippen LogP contribution in [0.25, 0.3) is 0 Å². The van der Waals surface area contributed by atoms with Crippen LogP contribution in [0.1, 0.15) is 11.5 Å². The quantitative estimate of drug-likeness (QED) is 0.261. The van der Waals surface area contributed by atoms with Gasteiger partial charge in [-0.15, -0.1) is 24.0 Å². The predicted molar refractivity (Wildman–Crippen MR) is 112 cm³/mol. The van der Waals surface area contributed by atoms with Crippen LogP contribution in [-0.4, -0.2) is 42.6 Å². The van der Waals surface area contributed by atoms with Crippen LogP contribution in [0.4, 0.5) is 0 Å². The standard InChI is InChI=1S/C17H24N4OS.HI/c1-23-14-12-21-17(20-11-8-16-6-4-13-22-16)19-10-7-15-5-2-3-9-18-15;/h2-6,9,13H,7-8,10-12,14H2,1H3,(H2,19,20,21);1H. The summed E-state index contributed by atoms with van der Waals surface area (Å²) in [5, 5.41) is 6.72. The Morgan fingerprint density at radius 1 is 1.17 bits per heavy atom. The summed E-state index contributed by atoms with van der Waals surface area (Å²) in [4.78, 5) is 8.92. The normalized spacial score (nSPS) is 11.0. The van der Waals surface area contributed by atoms with Gasteiger partial charge in [0.25, 0.3) is 0 Å². The van der Waals surface area contributed by atoms with E-state index in [1.807, 2.05) is 36.5 Å². The van der Waals surface area contributed by atoms with Gasteiger partial charge in [-0.25, -0.2) is 0 Å². The highest BCUT2D eigenvalue weighted by Gasteiger charge is 2.01. The van der Waals surface area contributed by atoms with Crippen LogP contribution in [0, 0.1) is 0 Å². The molecule has 132 valence electrons. The first-order valence-corrected chi connectivity index (χ1v) is 9.21. The van der Waals surface area contributed by atoms with Gasteiger partial charge in [0.05, 0.1) is 12.8 Å². The lowest BCUT2D eigenvalue weighted by atomic mass is 10.3. The lowest BCUT2D eigenvalue weighted by Crippen LogP contribution is -2.39. The molecule has 0 saturated heterocycles. The van der Waals surface area contributed by atoms with Gasteiger partial charge < -0.3 is 15.1 Å². The Balaban J connectivity index is 0.00000288. The van der Waals surface area contributed by atoms with E-state index in [4.69, 9.17) is 4.42 Å². The SMILES string of the molecule is CSCCN=C(NCCc1ccccn1)NCCc1ccco1.I. The molecular weight excluding hydrogens is 435 g/mol. The van der Waals surface area contributed by atoms with Gasteiger partial charge in [-0.05, 0) is 30.5 Å². The van der Waals surface area contributed by atoms with Crippen molar-refractivity contribution < 1.29 is 4.42 Å². The molecular formula is C17H25IN4OS. The first kappa shape index (κ1) is 20.8. The van der Waals surface area contributed by atoms with Gasteiger partial charge >= 0.3 is 0 Å². The van der Waals surface area contributed by atoms with Gasteiger partial charge in [-0.1, -0.05) is 6.07 Å². The number of rotatable bonds is 9. The average Bonchev–Trinajstić information content (AvgIpc) is 3.09. The molecule has 0 unspecified atom stereocenters. The molecule has 0 radical (unpaired) electrons. The van der Waals surface area contributed by atoms with Crippen molar-refractivity contribution in [3.05, 3.63) is 54.2 Å². The fourth-order valence-corrected chi connectivity index (χ4v) is 2.31. The van der Waals surface area contributed by atoms with Crippen LogP contribution in [0.2, 0.25) is 0 Å². The number of furan rings is 1. The van der Waals surface area contributed by atoms with Crippen molar-refractivity contribution in [1.82, 2.24) is 15.6 Å². The van der Waals surface area contributed by atoms with Crippen LogP contribution in [0.5, 0.6) is 0 Å². The maximum atomic E-state index is 5.34. The van der Waals surface area contributed by atoms with Gasteiger partial charge in [-0.3, -0.25) is 9.98 Å². The smallest absolute Gasteiger partial charge is 0.191 e. The van der Waals surface area contributed by atoms with Crippen LogP contribution < -0.4 is 10.6 Å². The van der Waals surface area contributed by atoms with E-state index in [0.29, 0.717) is 0 Å². The number of nitrogens with zero attached hydrogens (tertiary/aromatic N) is 2. The summed E-state index contributed by atoms with van der Waals surface area (Å²) in [7, 11) is 0. The van der Waals surface area contributed by atoms with Crippen LogP contribution >= 0.6 is 35.7 Å². The fourth-order valence-electron chi connectivity index (χ4n) is 2.04. The molecule has 7 heteroatoms. The third-order valence-corrected chi connectivity index (χ3v) is 3.80. The highest BCUT2D eigenvalue weighted by atomic mass is 127. The molecule has 0 atom stereocenters. The first-order chi connectivity index (χ1) is 11.4. The zero-order valence-corrected chi connectivity index (χ0v) is 17.1. The van der Waals surface area contributed by atoms with Crippen molar-refractivity contribution >= 4 is 41.7 Å². The summed E-state index contributed by atoms with van der Waals surface area (Å²) < 4.78 is 5.34. The molecule has 2 heterocycles. The molecule has 0 fully saturated rings. The van der Waals surface area contributed by atoms with Crippen molar-refractivity contribution in [1.29, 1.82) is 0 Å². The molecule has 24 heavy (non-hydrogen) atoms. The number of pyridine rings is 1. The van der Waals surface area contributed by atoms with E-state index in [2.05, 4.69) is 26.9 Å². The summed E-state index contributed by atoms with van der Waals surface area (Å²) in [6.45, 7) is 2.41. The molecule has 0 bridgehead atoms. The van der Waals surface area contributed by atoms with Gasteiger partial charge in [0.15, 0.2) is 5.96 Å². The van der Waals surface area contributed by atoms with Gasteiger partial charge in [0.1, 0.15) is 5.76 Å². The third kappa shape index (κ3) is 8.58. The maximum Gasteiger partial charge on any atom is 0.191 e.